The lowest BCUT2D eigenvalue weighted by Gasteiger charge is -2.44. The highest BCUT2D eigenvalue weighted by Crippen LogP contribution is 2.39. The van der Waals surface area contributed by atoms with E-state index in [1.165, 1.54) is 12.4 Å². The number of nitro groups is 1. The Morgan fingerprint density at radius 1 is 1.26 bits per heavy atom. The van der Waals surface area contributed by atoms with E-state index in [2.05, 4.69) is 44.2 Å². The van der Waals surface area contributed by atoms with E-state index in [0.29, 0.717) is 25.2 Å². The van der Waals surface area contributed by atoms with Crippen molar-refractivity contribution in [2.45, 2.75) is 83.8 Å². The Balaban J connectivity index is 2.30. The Kier molecular flexibility index (Phi) is 7.37. The number of carbonyl (C=O) groups is 1. The van der Waals surface area contributed by atoms with Crippen molar-refractivity contribution >= 4 is 25.8 Å². The summed E-state index contributed by atoms with van der Waals surface area (Å²) in [6, 6.07) is 1.36. The van der Waals surface area contributed by atoms with Gasteiger partial charge in [-0.15, -0.1) is 0 Å². The monoisotopic (exact) mass is 452 g/mol. The number of nitrogens with one attached hydrogen (secondary N) is 1. The van der Waals surface area contributed by atoms with Gasteiger partial charge in [-0.2, -0.15) is 0 Å². The van der Waals surface area contributed by atoms with E-state index in [-0.39, 0.29) is 22.9 Å². The zero-order chi connectivity index (χ0) is 23.6. The molecule has 0 aromatic carbocycles. The summed E-state index contributed by atoms with van der Waals surface area (Å²) in [4.78, 5) is 29.3. The number of ether oxygens (including phenoxy) is 1. The number of hydrogen-bond acceptors (Lipinski definition) is 7. The summed E-state index contributed by atoms with van der Waals surface area (Å²) in [6.07, 6.45) is 2.72. The molecule has 1 aliphatic rings. The summed E-state index contributed by atoms with van der Waals surface area (Å²) >= 11 is 0. The summed E-state index contributed by atoms with van der Waals surface area (Å²) in [5, 5.41) is 14.5. The quantitative estimate of drug-likeness (QED) is 0.398. The van der Waals surface area contributed by atoms with Crippen LogP contribution in [0.1, 0.15) is 48.0 Å². The van der Waals surface area contributed by atoms with Gasteiger partial charge in [-0.3, -0.25) is 15.1 Å². The molecular weight excluding hydrogens is 416 g/mol. The molecule has 1 unspecified atom stereocenters. The van der Waals surface area contributed by atoms with Crippen molar-refractivity contribution in [3.63, 3.8) is 0 Å². The van der Waals surface area contributed by atoms with Crippen molar-refractivity contribution in [2.75, 3.05) is 18.0 Å². The maximum Gasteiger partial charge on any atom is 0.407 e. The van der Waals surface area contributed by atoms with Crippen LogP contribution in [0.25, 0.3) is 0 Å². The number of pyridine rings is 1. The number of amides is 1. The lowest BCUT2D eigenvalue weighted by Crippen LogP contribution is -2.57. The van der Waals surface area contributed by atoms with Gasteiger partial charge in [0.25, 0.3) is 0 Å². The first-order valence-electron chi connectivity index (χ1n) is 10.6. The molecule has 31 heavy (non-hydrogen) atoms. The maximum atomic E-state index is 12.4. The first kappa shape index (κ1) is 25.1. The molecule has 1 amide bonds. The Bertz CT molecular complexity index is 804. The van der Waals surface area contributed by atoms with Gasteiger partial charge in [-0.05, 0) is 51.4 Å². The first-order chi connectivity index (χ1) is 14.1. The normalized spacial score (nSPS) is 20.3. The van der Waals surface area contributed by atoms with E-state index in [9.17, 15) is 14.9 Å². The minimum atomic E-state index is -2.08. The van der Waals surface area contributed by atoms with Crippen LogP contribution in [0.5, 0.6) is 0 Å². The second kappa shape index (κ2) is 9.11. The fourth-order valence-electron chi connectivity index (χ4n) is 3.29. The van der Waals surface area contributed by atoms with Crippen LogP contribution in [0.4, 0.5) is 16.2 Å². The summed E-state index contributed by atoms with van der Waals surface area (Å²) in [5.41, 5.74) is -0.203. The fraction of sp³-hybridized carbons (Fsp3) is 0.714. The fourth-order valence-corrected chi connectivity index (χ4v) is 4.65. The Morgan fingerprint density at radius 3 is 2.45 bits per heavy atom. The second-order valence-electron chi connectivity index (χ2n) is 10.6. The van der Waals surface area contributed by atoms with Crippen molar-refractivity contribution in [1.82, 2.24) is 10.3 Å². The third-order valence-corrected chi connectivity index (χ3v) is 10.3. The Morgan fingerprint density at radius 2 is 1.90 bits per heavy atom. The molecule has 10 heteroatoms. The van der Waals surface area contributed by atoms with Gasteiger partial charge in [0.1, 0.15) is 17.5 Å². The predicted molar refractivity (Wildman–Crippen MR) is 123 cm³/mol. The highest BCUT2D eigenvalue weighted by atomic mass is 28.4. The topological polar surface area (TPSA) is 107 Å². The minimum Gasteiger partial charge on any atom is -0.444 e. The molecule has 0 bridgehead atoms. The molecule has 1 saturated heterocycles. The first-order valence-corrected chi connectivity index (χ1v) is 13.5. The molecule has 1 aliphatic heterocycles. The van der Waals surface area contributed by atoms with Crippen LogP contribution < -0.4 is 10.2 Å². The smallest absolute Gasteiger partial charge is 0.407 e. The van der Waals surface area contributed by atoms with E-state index < -0.39 is 24.9 Å². The molecule has 0 saturated carbocycles. The summed E-state index contributed by atoms with van der Waals surface area (Å²) in [5.74, 6) is 0. The molecule has 1 N–H and O–H groups in total. The van der Waals surface area contributed by atoms with Gasteiger partial charge in [0.2, 0.25) is 0 Å². The number of piperidine rings is 1. The van der Waals surface area contributed by atoms with E-state index in [4.69, 9.17) is 9.16 Å². The average molecular weight is 453 g/mol. The lowest BCUT2D eigenvalue weighted by atomic mass is 10.0. The number of alkyl carbamates (subject to hydrolysis) is 1. The molecule has 0 aliphatic carbocycles. The number of aromatic nitrogens is 1. The van der Waals surface area contributed by atoms with Gasteiger partial charge >= 0.3 is 11.8 Å². The van der Waals surface area contributed by atoms with Crippen LogP contribution >= 0.6 is 0 Å². The molecule has 2 atom stereocenters. The average Bonchev–Trinajstić information content (AvgIpc) is 2.58. The maximum absolute atomic E-state index is 12.4. The third kappa shape index (κ3) is 6.89. The van der Waals surface area contributed by atoms with E-state index in [0.717, 1.165) is 0 Å². The standard InChI is InChI=1S/C21H36N4O5Si/c1-20(2,3)29-19(26)23-15-11-16(30-31(7,8)21(4,5)6)14-24(13-15)17-9-10-22-12-18(17)25(27)28/h9-10,12,15-16H,11,13-14H2,1-8H3,(H,23,26)/t15-,16?/m0/s1. The molecular formula is C21H36N4O5Si. The molecule has 0 spiro atoms. The van der Waals surface area contributed by atoms with Gasteiger partial charge in [0.05, 0.1) is 17.1 Å². The van der Waals surface area contributed by atoms with Crippen LogP contribution in [-0.4, -0.2) is 55.2 Å². The van der Waals surface area contributed by atoms with E-state index in [1.807, 2.05) is 25.7 Å². The van der Waals surface area contributed by atoms with Crippen molar-refractivity contribution in [2.24, 2.45) is 0 Å². The van der Waals surface area contributed by atoms with Gasteiger partial charge in [-0.25, -0.2) is 4.79 Å². The van der Waals surface area contributed by atoms with Gasteiger partial charge in [0.15, 0.2) is 8.32 Å². The molecule has 1 aromatic heterocycles. The zero-order valence-corrected chi connectivity index (χ0v) is 20.9. The Labute approximate surface area is 185 Å². The number of rotatable bonds is 5. The van der Waals surface area contributed by atoms with E-state index >= 15 is 0 Å². The number of anilines is 1. The predicted octanol–water partition coefficient (Wildman–Crippen LogP) is 4.48. The van der Waals surface area contributed by atoms with Crippen molar-refractivity contribution in [3.8, 4) is 0 Å². The highest BCUT2D eigenvalue weighted by Gasteiger charge is 2.42. The van der Waals surface area contributed by atoms with Crippen molar-refractivity contribution in [3.05, 3.63) is 28.6 Å². The van der Waals surface area contributed by atoms with Crippen molar-refractivity contribution in [1.29, 1.82) is 0 Å². The van der Waals surface area contributed by atoms with Crippen LogP contribution in [0.15, 0.2) is 18.5 Å². The minimum absolute atomic E-state index is 0.0199. The van der Waals surface area contributed by atoms with Gasteiger partial charge in [0, 0.05) is 19.3 Å². The highest BCUT2D eigenvalue weighted by molar-refractivity contribution is 6.74. The van der Waals surface area contributed by atoms with Gasteiger partial charge < -0.3 is 19.4 Å². The van der Waals surface area contributed by atoms with Crippen LogP contribution in [0.2, 0.25) is 18.1 Å². The van der Waals surface area contributed by atoms with E-state index in [1.54, 1.807) is 6.07 Å². The molecule has 174 valence electrons. The Hall–Kier alpha value is -2.20. The van der Waals surface area contributed by atoms with Crippen LogP contribution in [0.3, 0.4) is 0 Å². The molecule has 2 heterocycles. The SMILES string of the molecule is CC(C)(C)OC(=O)N[C@H]1CC(O[Si](C)(C)C(C)(C)C)CN(c2ccncc2[N+](=O)[O-])C1. The molecule has 1 fully saturated rings. The number of carbonyl (C=O) groups excluding carboxylic acids is 1. The molecule has 0 radical (unpaired) electrons. The number of hydrogen-bond donors (Lipinski definition) is 1. The summed E-state index contributed by atoms with van der Waals surface area (Å²) < 4.78 is 12.0. The second-order valence-corrected chi connectivity index (χ2v) is 15.4. The largest absolute Gasteiger partial charge is 0.444 e. The lowest BCUT2D eigenvalue weighted by molar-refractivity contribution is -0.384. The molecule has 1 aromatic rings. The third-order valence-electron chi connectivity index (χ3n) is 5.72. The molecule has 2 rings (SSSR count). The van der Waals surface area contributed by atoms with Crippen LogP contribution in [0, 0.1) is 10.1 Å². The zero-order valence-electron chi connectivity index (χ0n) is 19.9. The van der Waals surface area contributed by atoms with Gasteiger partial charge in [-0.1, -0.05) is 20.8 Å². The number of nitrogens with zero attached hydrogens (tertiary/aromatic N) is 3. The van der Waals surface area contributed by atoms with Crippen LogP contribution in [-0.2, 0) is 9.16 Å². The summed E-state index contributed by atoms with van der Waals surface area (Å²) in [6.45, 7) is 17.2. The summed E-state index contributed by atoms with van der Waals surface area (Å²) in [7, 11) is -2.08. The van der Waals surface area contributed by atoms with Crippen molar-refractivity contribution < 1.29 is 18.9 Å². The molecule has 9 nitrogen and oxygen atoms in total.